The lowest BCUT2D eigenvalue weighted by molar-refractivity contribution is 0.0759. The van der Waals surface area contributed by atoms with E-state index in [0.29, 0.717) is 48.4 Å². The molecule has 53 heavy (non-hydrogen) atoms. The van der Waals surface area contributed by atoms with Crippen molar-refractivity contribution in [2.75, 3.05) is 29.0 Å². The Kier molecular flexibility index (Phi) is 9.74. The van der Waals surface area contributed by atoms with E-state index in [2.05, 4.69) is 51.7 Å². The number of β-amino-alcohol motifs (C(OH)–C–C–N with tert-alkyl or cyclic N) is 1. The van der Waals surface area contributed by atoms with Crippen LogP contribution in [0.15, 0.2) is 97.5 Å². The number of rotatable bonds is 9. The van der Waals surface area contributed by atoms with Crippen LogP contribution < -0.4 is 20.7 Å². The first-order chi connectivity index (χ1) is 25.5. The summed E-state index contributed by atoms with van der Waals surface area (Å²) in [5, 5.41) is 25.4. The van der Waals surface area contributed by atoms with Crippen molar-refractivity contribution in [2.45, 2.75) is 52.2 Å². The van der Waals surface area contributed by atoms with E-state index in [1.165, 1.54) is 12.4 Å². The van der Waals surface area contributed by atoms with Gasteiger partial charge in [-0.2, -0.15) is 5.10 Å². The van der Waals surface area contributed by atoms with Crippen molar-refractivity contribution < 1.29 is 19.4 Å². The SMILES string of the molecule is Cc1cccc(-n2nc(C(C)(C)C)cc2NC(=O)Nc2ccc(OCc3ccnc(Nc4cnc(C(=O)N5CCC(O)C5)cn4)c3)c3ccccc23)c1. The second-order valence-corrected chi connectivity index (χ2v) is 14.1. The molecule has 0 saturated carbocycles. The molecular formula is C40H41N9O4. The van der Waals surface area contributed by atoms with Gasteiger partial charge in [0, 0.05) is 41.5 Å². The minimum atomic E-state index is -0.501. The monoisotopic (exact) mass is 711 g/mol. The van der Waals surface area contributed by atoms with E-state index >= 15 is 0 Å². The number of hydrogen-bond acceptors (Lipinski definition) is 9. The number of amides is 3. The Morgan fingerprint density at radius 3 is 2.47 bits per heavy atom. The minimum Gasteiger partial charge on any atom is -0.488 e. The Bertz CT molecular complexity index is 2280. The zero-order valence-electron chi connectivity index (χ0n) is 30.0. The second-order valence-electron chi connectivity index (χ2n) is 14.1. The molecule has 6 aromatic rings. The van der Waals surface area contributed by atoms with Gasteiger partial charge in [-0.1, -0.05) is 57.2 Å². The molecular weight excluding hydrogens is 670 g/mol. The number of likely N-dealkylation sites (tertiary alicyclic amines) is 1. The number of hydrogen-bond donors (Lipinski definition) is 4. The number of benzene rings is 3. The summed E-state index contributed by atoms with van der Waals surface area (Å²) in [5.74, 6) is 1.93. The highest BCUT2D eigenvalue weighted by molar-refractivity contribution is 6.07. The number of aliphatic hydroxyl groups is 1. The molecule has 0 spiro atoms. The van der Waals surface area contributed by atoms with E-state index in [1.54, 1.807) is 15.8 Å². The fourth-order valence-electron chi connectivity index (χ4n) is 6.09. The molecule has 3 aromatic heterocycles. The van der Waals surface area contributed by atoms with Crippen LogP contribution in [-0.2, 0) is 12.0 Å². The molecule has 0 aliphatic carbocycles. The Hall–Kier alpha value is -6.34. The maximum Gasteiger partial charge on any atom is 0.324 e. The van der Waals surface area contributed by atoms with Crippen LogP contribution in [0.1, 0.15) is 54.5 Å². The summed E-state index contributed by atoms with van der Waals surface area (Å²) in [6.07, 6.45) is 4.63. The summed E-state index contributed by atoms with van der Waals surface area (Å²) >= 11 is 0. The molecule has 1 atom stereocenters. The standard InChI is InChI=1S/C40H41N9O4/c1-25-8-7-9-27(18-25)49-37(20-34(47-49)40(2,3)4)46-39(52)44-31-12-13-33(30-11-6-5-10-29(30)31)53-24-26-14-16-41-35(19-26)45-36-22-42-32(21-43-36)38(51)48-17-15-28(50)23-48/h5-14,16,18-22,28,50H,15,17,23-24H2,1-4H3,(H,41,43,45)(H2,44,46,52). The van der Waals surface area contributed by atoms with Crippen molar-refractivity contribution in [2.24, 2.45) is 0 Å². The number of carbonyl (C=O) groups excluding carboxylic acids is 2. The first-order valence-electron chi connectivity index (χ1n) is 17.4. The van der Waals surface area contributed by atoms with Crippen LogP contribution in [0.5, 0.6) is 5.75 Å². The molecule has 1 saturated heterocycles. The number of pyridine rings is 1. The van der Waals surface area contributed by atoms with E-state index in [0.717, 1.165) is 33.3 Å². The van der Waals surface area contributed by atoms with Gasteiger partial charge in [-0.25, -0.2) is 24.4 Å². The summed E-state index contributed by atoms with van der Waals surface area (Å²) in [6.45, 7) is 9.34. The second kappa shape index (κ2) is 14.7. The van der Waals surface area contributed by atoms with Crippen molar-refractivity contribution in [3.8, 4) is 11.4 Å². The maximum absolute atomic E-state index is 13.5. The molecule has 1 unspecified atom stereocenters. The predicted octanol–water partition coefficient (Wildman–Crippen LogP) is 6.99. The van der Waals surface area contributed by atoms with Gasteiger partial charge in [-0.15, -0.1) is 0 Å². The summed E-state index contributed by atoms with van der Waals surface area (Å²) < 4.78 is 8.05. The number of urea groups is 1. The van der Waals surface area contributed by atoms with Gasteiger partial charge in [0.15, 0.2) is 0 Å². The van der Waals surface area contributed by atoms with E-state index in [9.17, 15) is 14.7 Å². The molecule has 0 radical (unpaired) electrons. The molecule has 0 bridgehead atoms. The molecule has 3 aromatic carbocycles. The van der Waals surface area contributed by atoms with Gasteiger partial charge in [0.05, 0.1) is 35.6 Å². The van der Waals surface area contributed by atoms with Crippen LogP contribution in [0.3, 0.4) is 0 Å². The Morgan fingerprint density at radius 2 is 1.74 bits per heavy atom. The Labute approximate surface area is 307 Å². The lowest BCUT2D eigenvalue weighted by Crippen LogP contribution is -2.30. The lowest BCUT2D eigenvalue weighted by Gasteiger charge is -2.15. The van der Waals surface area contributed by atoms with Gasteiger partial charge in [0.1, 0.15) is 35.5 Å². The zero-order valence-corrected chi connectivity index (χ0v) is 30.0. The van der Waals surface area contributed by atoms with E-state index in [-0.39, 0.29) is 23.6 Å². The van der Waals surface area contributed by atoms with Gasteiger partial charge < -0.3 is 25.4 Å². The van der Waals surface area contributed by atoms with Gasteiger partial charge in [-0.3, -0.25) is 10.1 Å². The van der Waals surface area contributed by atoms with Crippen LogP contribution >= 0.6 is 0 Å². The summed E-state index contributed by atoms with van der Waals surface area (Å²) in [6, 6.07) is 24.6. The fourth-order valence-corrected chi connectivity index (χ4v) is 6.09. The third-order valence-corrected chi connectivity index (χ3v) is 8.89. The first kappa shape index (κ1) is 35.1. The first-order valence-corrected chi connectivity index (χ1v) is 17.4. The number of aromatic nitrogens is 5. The van der Waals surface area contributed by atoms with Crippen molar-refractivity contribution in [1.82, 2.24) is 29.6 Å². The van der Waals surface area contributed by atoms with Gasteiger partial charge >= 0.3 is 6.03 Å². The molecule has 13 nitrogen and oxygen atoms in total. The molecule has 3 amide bonds. The highest BCUT2D eigenvalue weighted by atomic mass is 16.5. The van der Waals surface area contributed by atoms with Gasteiger partial charge in [0.25, 0.3) is 5.91 Å². The molecule has 1 aliphatic rings. The summed E-state index contributed by atoms with van der Waals surface area (Å²) in [7, 11) is 0. The van der Waals surface area contributed by atoms with E-state index < -0.39 is 12.1 Å². The minimum absolute atomic E-state index is 0.216. The van der Waals surface area contributed by atoms with E-state index in [4.69, 9.17) is 9.84 Å². The van der Waals surface area contributed by atoms with Gasteiger partial charge in [0.2, 0.25) is 0 Å². The highest BCUT2D eigenvalue weighted by Gasteiger charge is 2.26. The van der Waals surface area contributed by atoms with Crippen LogP contribution in [0.25, 0.3) is 16.5 Å². The Balaban J connectivity index is 1.02. The van der Waals surface area contributed by atoms with Crippen LogP contribution in [0, 0.1) is 6.92 Å². The molecule has 1 fully saturated rings. The Morgan fingerprint density at radius 1 is 0.906 bits per heavy atom. The van der Waals surface area contributed by atoms with Crippen LogP contribution in [0.4, 0.5) is 27.9 Å². The third-order valence-electron chi connectivity index (χ3n) is 8.89. The summed E-state index contributed by atoms with van der Waals surface area (Å²) in [5.41, 5.74) is 4.30. The fraction of sp³-hybridized carbons (Fsp3) is 0.250. The van der Waals surface area contributed by atoms with Crippen LogP contribution in [-0.4, -0.2) is 65.9 Å². The molecule has 13 heteroatoms. The number of carbonyl (C=O) groups is 2. The maximum atomic E-state index is 13.5. The van der Waals surface area contributed by atoms with E-state index in [1.807, 2.05) is 85.8 Å². The predicted molar refractivity (Wildman–Crippen MR) is 204 cm³/mol. The highest BCUT2D eigenvalue weighted by Crippen LogP contribution is 2.33. The molecule has 1 aliphatic heterocycles. The van der Waals surface area contributed by atoms with Crippen molar-refractivity contribution >= 4 is 45.9 Å². The number of ether oxygens (including phenoxy) is 1. The third kappa shape index (κ3) is 8.10. The topological polar surface area (TPSA) is 159 Å². The zero-order chi connectivity index (χ0) is 37.1. The largest absolute Gasteiger partial charge is 0.488 e. The van der Waals surface area contributed by atoms with Gasteiger partial charge in [-0.05, 0) is 60.9 Å². The number of fused-ring (bicyclic) bond motifs is 1. The number of anilines is 4. The average molecular weight is 712 g/mol. The molecule has 4 heterocycles. The molecule has 4 N–H and O–H groups in total. The van der Waals surface area contributed by atoms with Crippen molar-refractivity contribution in [3.05, 3.63) is 120 Å². The normalized spacial score (nSPS) is 14.3. The quantitative estimate of drug-likeness (QED) is 0.124. The number of nitrogens with one attached hydrogen (secondary N) is 3. The number of aliphatic hydroxyl groups excluding tert-OH is 1. The number of nitrogens with zero attached hydrogens (tertiary/aromatic N) is 6. The lowest BCUT2D eigenvalue weighted by atomic mass is 9.92. The number of aryl methyl sites for hydroxylation is 1. The molecule has 7 rings (SSSR count). The van der Waals surface area contributed by atoms with Crippen molar-refractivity contribution in [1.29, 1.82) is 0 Å². The smallest absolute Gasteiger partial charge is 0.324 e. The van der Waals surface area contributed by atoms with Crippen molar-refractivity contribution in [3.63, 3.8) is 0 Å². The summed E-state index contributed by atoms with van der Waals surface area (Å²) in [4.78, 5) is 40.7. The van der Waals surface area contributed by atoms with Crippen LogP contribution in [0.2, 0.25) is 0 Å². The molecule has 270 valence electrons. The average Bonchev–Trinajstić information content (AvgIpc) is 3.78.